The Balaban J connectivity index is 1.53. The third kappa shape index (κ3) is 3.91. The smallest absolute Gasteiger partial charge is 0.295 e. The summed E-state index contributed by atoms with van der Waals surface area (Å²) in [5.41, 5.74) is 1.98. The van der Waals surface area contributed by atoms with Gasteiger partial charge in [-0.15, -0.1) is 0 Å². The molecule has 0 bridgehead atoms. The van der Waals surface area contributed by atoms with Crippen LogP contribution in [0.4, 0.5) is 0 Å². The van der Waals surface area contributed by atoms with E-state index in [1.54, 1.807) is 42.9 Å². The summed E-state index contributed by atoms with van der Waals surface area (Å²) in [7, 11) is 0. The molecule has 1 fully saturated rings. The summed E-state index contributed by atoms with van der Waals surface area (Å²) in [6, 6.07) is 10.9. The van der Waals surface area contributed by atoms with Crippen molar-refractivity contribution in [1.82, 2.24) is 14.5 Å². The Hall–Kier alpha value is -4.07. The lowest BCUT2D eigenvalue weighted by Crippen LogP contribution is -2.31. The average Bonchev–Trinajstić information content (AvgIpc) is 3.52. The highest BCUT2D eigenvalue weighted by molar-refractivity contribution is 6.46. The van der Waals surface area contributed by atoms with Crippen LogP contribution in [0, 0.1) is 0 Å². The van der Waals surface area contributed by atoms with Gasteiger partial charge in [0.25, 0.3) is 11.7 Å². The molecule has 2 aliphatic heterocycles. The minimum absolute atomic E-state index is 0.0187. The molecule has 2 atom stereocenters. The first-order valence-electron chi connectivity index (χ1n) is 11.3. The lowest BCUT2D eigenvalue weighted by atomic mass is 9.94. The Kier molecular flexibility index (Phi) is 5.57. The predicted octanol–water partition coefficient (Wildman–Crippen LogP) is 3.42. The number of amides is 1. The maximum Gasteiger partial charge on any atom is 0.295 e. The number of Topliss-reactive ketones (excluding diaryl/α,β-unsaturated/α-hetero) is 1. The minimum atomic E-state index is -0.807. The number of benzene rings is 2. The molecule has 1 aromatic heterocycles. The van der Waals surface area contributed by atoms with Crippen LogP contribution in [0.15, 0.2) is 66.8 Å². The first-order chi connectivity index (χ1) is 16.4. The van der Waals surface area contributed by atoms with Crippen molar-refractivity contribution in [2.75, 3.05) is 6.54 Å². The molecule has 0 saturated carbocycles. The normalized spacial score (nSPS) is 21.0. The summed E-state index contributed by atoms with van der Waals surface area (Å²) < 4.78 is 7.64. The van der Waals surface area contributed by atoms with Crippen molar-refractivity contribution in [2.24, 2.45) is 0 Å². The molecule has 1 amide bonds. The number of imidazole rings is 1. The first kappa shape index (κ1) is 21.8. The molecule has 174 valence electrons. The summed E-state index contributed by atoms with van der Waals surface area (Å²) in [4.78, 5) is 31.7. The van der Waals surface area contributed by atoms with Gasteiger partial charge in [0.15, 0.2) is 0 Å². The fourth-order valence-corrected chi connectivity index (χ4v) is 4.72. The van der Waals surface area contributed by atoms with E-state index < -0.39 is 17.7 Å². The quantitative estimate of drug-likeness (QED) is 0.333. The highest BCUT2D eigenvalue weighted by Crippen LogP contribution is 2.41. The van der Waals surface area contributed by atoms with E-state index in [1.165, 1.54) is 17.0 Å². The Labute approximate surface area is 196 Å². The van der Waals surface area contributed by atoms with Crippen LogP contribution in [-0.4, -0.2) is 49.0 Å². The summed E-state index contributed by atoms with van der Waals surface area (Å²) in [5.74, 6) is -0.859. The van der Waals surface area contributed by atoms with Crippen LogP contribution < -0.4 is 4.74 Å². The molecule has 3 heterocycles. The van der Waals surface area contributed by atoms with Crippen LogP contribution in [0.5, 0.6) is 11.5 Å². The lowest BCUT2D eigenvalue weighted by Gasteiger charge is -2.25. The zero-order chi connectivity index (χ0) is 23.8. The molecule has 0 spiro atoms. The molecule has 1 saturated heterocycles. The fourth-order valence-electron chi connectivity index (χ4n) is 4.72. The van der Waals surface area contributed by atoms with Gasteiger partial charge in [0.05, 0.1) is 17.9 Å². The number of hydrogen-bond acceptors (Lipinski definition) is 6. The van der Waals surface area contributed by atoms with Crippen LogP contribution in [0.2, 0.25) is 0 Å². The maximum absolute atomic E-state index is 13.2. The van der Waals surface area contributed by atoms with Gasteiger partial charge in [-0.2, -0.15) is 0 Å². The van der Waals surface area contributed by atoms with E-state index in [0.717, 1.165) is 11.3 Å². The number of aromatic hydroxyl groups is 1. The van der Waals surface area contributed by atoms with Crippen LogP contribution in [0.25, 0.3) is 5.76 Å². The van der Waals surface area contributed by atoms with Crippen LogP contribution in [-0.2, 0) is 22.6 Å². The summed E-state index contributed by atoms with van der Waals surface area (Å²) >= 11 is 0. The SMILES string of the molecule is C[C@H]1Cc2cc(C(O)=C3C(=O)C(=O)N(CCCn4ccnc4)[C@@H]3c3cccc(O)c3)ccc2O1. The number of rotatable bonds is 6. The predicted molar refractivity (Wildman–Crippen MR) is 124 cm³/mol. The fraction of sp³-hybridized carbons (Fsp3) is 0.269. The van der Waals surface area contributed by atoms with Crippen molar-refractivity contribution in [3.05, 3.63) is 83.4 Å². The molecule has 0 unspecified atom stereocenters. The number of ether oxygens (including phenoxy) is 1. The highest BCUT2D eigenvalue weighted by atomic mass is 16.5. The zero-order valence-electron chi connectivity index (χ0n) is 18.7. The second kappa shape index (κ2) is 8.70. The van der Waals surface area contributed by atoms with Crippen molar-refractivity contribution in [1.29, 1.82) is 0 Å². The molecular weight excluding hydrogens is 434 g/mol. The molecule has 3 aromatic rings. The van der Waals surface area contributed by atoms with Crippen LogP contribution in [0.3, 0.4) is 0 Å². The number of aliphatic hydroxyl groups is 1. The largest absolute Gasteiger partial charge is 0.508 e. The van der Waals surface area contributed by atoms with Crippen LogP contribution in [0.1, 0.15) is 36.1 Å². The number of aryl methyl sites for hydroxylation is 1. The minimum Gasteiger partial charge on any atom is -0.508 e. The zero-order valence-corrected chi connectivity index (χ0v) is 18.7. The number of phenols is 1. The van der Waals surface area contributed by atoms with E-state index in [2.05, 4.69) is 4.98 Å². The van der Waals surface area contributed by atoms with E-state index >= 15 is 0 Å². The lowest BCUT2D eigenvalue weighted by molar-refractivity contribution is -0.139. The Morgan fingerprint density at radius 1 is 1.18 bits per heavy atom. The van der Waals surface area contributed by atoms with Crippen molar-refractivity contribution in [2.45, 2.75) is 38.5 Å². The Bertz CT molecular complexity index is 1280. The van der Waals surface area contributed by atoms with E-state index in [1.807, 2.05) is 17.7 Å². The number of likely N-dealkylation sites (tertiary alicyclic amines) is 1. The van der Waals surface area contributed by atoms with Gasteiger partial charge >= 0.3 is 0 Å². The number of nitrogens with zero attached hydrogens (tertiary/aromatic N) is 3. The van der Waals surface area contributed by atoms with E-state index in [9.17, 15) is 19.8 Å². The number of ketones is 1. The van der Waals surface area contributed by atoms with Gasteiger partial charge in [0.2, 0.25) is 0 Å². The Morgan fingerprint density at radius 3 is 2.79 bits per heavy atom. The van der Waals surface area contributed by atoms with Gasteiger partial charge in [-0.1, -0.05) is 12.1 Å². The number of phenolic OH excluding ortho intramolecular Hbond substituents is 1. The van der Waals surface area contributed by atoms with Gasteiger partial charge in [0, 0.05) is 37.5 Å². The van der Waals surface area contributed by atoms with Crippen LogP contribution >= 0.6 is 0 Å². The molecule has 8 nitrogen and oxygen atoms in total. The average molecular weight is 460 g/mol. The van der Waals surface area contributed by atoms with Gasteiger partial charge < -0.3 is 24.4 Å². The standard InChI is InChI=1S/C26H25N3O5/c1-16-12-19-13-18(6-7-21(19)34-16)24(31)22-23(17-4-2-5-20(30)14-17)29(26(33)25(22)32)10-3-9-28-11-8-27-15-28/h2,4-8,11,13-16,23,30-31H,3,9-10,12H2,1H3/t16-,23+/m0/s1. The monoisotopic (exact) mass is 459 g/mol. The summed E-state index contributed by atoms with van der Waals surface area (Å²) in [5, 5.41) is 21.3. The molecule has 2 N–H and O–H groups in total. The molecule has 0 aliphatic carbocycles. The number of carbonyl (C=O) groups excluding carboxylic acids is 2. The van der Waals surface area contributed by atoms with Crippen molar-refractivity contribution in [3.8, 4) is 11.5 Å². The molecule has 0 radical (unpaired) electrons. The molecule has 8 heteroatoms. The molecule has 2 aliphatic rings. The topological polar surface area (TPSA) is 105 Å². The van der Waals surface area contributed by atoms with Crippen molar-refractivity contribution in [3.63, 3.8) is 0 Å². The first-order valence-corrected chi connectivity index (χ1v) is 11.3. The van der Waals surface area contributed by atoms with Gasteiger partial charge in [0.1, 0.15) is 23.4 Å². The number of fused-ring (bicyclic) bond motifs is 1. The maximum atomic E-state index is 13.2. The number of aromatic nitrogens is 2. The summed E-state index contributed by atoms with van der Waals surface area (Å²) in [6.45, 7) is 2.89. The van der Waals surface area contributed by atoms with Gasteiger partial charge in [-0.05, 0) is 54.8 Å². The third-order valence-electron chi connectivity index (χ3n) is 6.27. The third-order valence-corrected chi connectivity index (χ3v) is 6.27. The Morgan fingerprint density at radius 2 is 2.03 bits per heavy atom. The summed E-state index contributed by atoms with van der Waals surface area (Å²) in [6.07, 6.45) is 6.54. The second-order valence-electron chi connectivity index (χ2n) is 8.70. The number of hydrogen-bond donors (Lipinski definition) is 2. The molecule has 2 aromatic carbocycles. The van der Waals surface area contributed by atoms with Crippen molar-refractivity contribution < 1.29 is 24.5 Å². The van der Waals surface area contributed by atoms with Crippen molar-refractivity contribution >= 4 is 17.4 Å². The second-order valence-corrected chi connectivity index (χ2v) is 8.70. The van der Waals surface area contributed by atoms with E-state index in [0.29, 0.717) is 37.1 Å². The number of carbonyl (C=O) groups is 2. The van der Waals surface area contributed by atoms with E-state index in [4.69, 9.17) is 4.74 Å². The number of aliphatic hydroxyl groups excluding tert-OH is 1. The van der Waals surface area contributed by atoms with Gasteiger partial charge in [-0.3, -0.25) is 9.59 Å². The molecular formula is C26H25N3O5. The van der Waals surface area contributed by atoms with Gasteiger partial charge in [-0.25, -0.2) is 4.98 Å². The molecule has 34 heavy (non-hydrogen) atoms. The highest BCUT2D eigenvalue weighted by Gasteiger charge is 2.46. The van der Waals surface area contributed by atoms with E-state index in [-0.39, 0.29) is 23.2 Å². The molecule has 5 rings (SSSR count).